The summed E-state index contributed by atoms with van der Waals surface area (Å²) in [5.74, 6) is 0. The Labute approximate surface area is 134 Å². The molecular formula is C20H27NO. The van der Waals surface area contributed by atoms with Crippen LogP contribution >= 0.6 is 0 Å². The molecule has 2 nitrogen and oxygen atoms in total. The SMILES string of the molecule is COC(C)(C)CCN(Cc1ccccc1)Cc1ccccc1. The Hall–Kier alpha value is -1.64. The predicted octanol–water partition coefficient (Wildman–Crippen LogP) is 4.50. The van der Waals surface area contributed by atoms with Gasteiger partial charge in [-0.3, -0.25) is 4.90 Å². The molecule has 0 heterocycles. The molecule has 0 aromatic heterocycles. The molecule has 118 valence electrons. The molecule has 0 aliphatic carbocycles. The summed E-state index contributed by atoms with van der Waals surface area (Å²) in [6.07, 6.45) is 1.02. The highest BCUT2D eigenvalue weighted by Crippen LogP contribution is 2.17. The maximum absolute atomic E-state index is 5.56. The summed E-state index contributed by atoms with van der Waals surface area (Å²) < 4.78 is 5.56. The maximum atomic E-state index is 5.56. The molecule has 0 spiro atoms. The van der Waals surface area contributed by atoms with Crippen LogP contribution in [0.25, 0.3) is 0 Å². The number of hydrogen-bond donors (Lipinski definition) is 0. The van der Waals surface area contributed by atoms with Gasteiger partial charge in [-0.25, -0.2) is 0 Å². The number of rotatable bonds is 8. The van der Waals surface area contributed by atoms with Gasteiger partial charge in [-0.05, 0) is 31.4 Å². The molecule has 0 bridgehead atoms. The first-order chi connectivity index (χ1) is 10.6. The summed E-state index contributed by atoms with van der Waals surface area (Å²) in [4.78, 5) is 2.49. The lowest BCUT2D eigenvalue weighted by atomic mass is 10.0. The van der Waals surface area contributed by atoms with Gasteiger partial charge in [0, 0.05) is 26.7 Å². The Balaban J connectivity index is 2.03. The van der Waals surface area contributed by atoms with Crippen LogP contribution in [0.4, 0.5) is 0 Å². The minimum atomic E-state index is -0.0778. The molecule has 0 atom stereocenters. The Morgan fingerprint density at radius 3 is 1.68 bits per heavy atom. The van der Waals surface area contributed by atoms with E-state index in [2.05, 4.69) is 79.4 Å². The van der Waals surface area contributed by atoms with Crippen molar-refractivity contribution in [2.24, 2.45) is 0 Å². The van der Waals surface area contributed by atoms with Crippen molar-refractivity contribution in [3.8, 4) is 0 Å². The zero-order chi connectivity index (χ0) is 15.8. The summed E-state index contributed by atoms with van der Waals surface area (Å²) in [7, 11) is 1.79. The molecule has 2 heteroatoms. The molecule has 0 unspecified atom stereocenters. The van der Waals surface area contributed by atoms with Gasteiger partial charge in [0.25, 0.3) is 0 Å². The third-order valence-electron chi connectivity index (χ3n) is 4.08. The molecular weight excluding hydrogens is 270 g/mol. The third kappa shape index (κ3) is 5.63. The molecule has 22 heavy (non-hydrogen) atoms. The van der Waals surface area contributed by atoms with Gasteiger partial charge in [0.15, 0.2) is 0 Å². The fourth-order valence-electron chi connectivity index (χ4n) is 2.43. The lowest BCUT2D eigenvalue weighted by Gasteiger charge is -2.28. The number of ether oxygens (including phenoxy) is 1. The van der Waals surface area contributed by atoms with E-state index in [4.69, 9.17) is 4.74 Å². The Kier molecular flexibility index (Phi) is 6.17. The van der Waals surface area contributed by atoms with Crippen molar-refractivity contribution in [3.05, 3.63) is 71.8 Å². The van der Waals surface area contributed by atoms with Crippen molar-refractivity contribution in [1.82, 2.24) is 4.90 Å². The zero-order valence-corrected chi connectivity index (χ0v) is 14.0. The predicted molar refractivity (Wildman–Crippen MR) is 92.7 cm³/mol. The minimum Gasteiger partial charge on any atom is -0.379 e. The molecule has 2 aromatic rings. The second-order valence-corrected chi connectivity index (χ2v) is 6.40. The van der Waals surface area contributed by atoms with E-state index in [-0.39, 0.29) is 5.60 Å². The molecule has 0 fully saturated rings. The fraction of sp³-hybridized carbons (Fsp3) is 0.400. The molecule has 0 radical (unpaired) electrons. The van der Waals surface area contributed by atoms with Gasteiger partial charge in [-0.2, -0.15) is 0 Å². The highest BCUT2D eigenvalue weighted by molar-refractivity contribution is 5.17. The van der Waals surface area contributed by atoms with Crippen LogP contribution in [0.5, 0.6) is 0 Å². The van der Waals surface area contributed by atoms with Crippen LogP contribution in [0.1, 0.15) is 31.4 Å². The average molecular weight is 297 g/mol. The topological polar surface area (TPSA) is 12.5 Å². The van der Waals surface area contributed by atoms with E-state index in [1.807, 2.05) is 0 Å². The van der Waals surface area contributed by atoms with Crippen molar-refractivity contribution in [2.75, 3.05) is 13.7 Å². The fourth-order valence-corrected chi connectivity index (χ4v) is 2.43. The van der Waals surface area contributed by atoms with Crippen LogP contribution in [-0.2, 0) is 17.8 Å². The van der Waals surface area contributed by atoms with Crippen molar-refractivity contribution in [1.29, 1.82) is 0 Å². The van der Waals surface area contributed by atoms with Gasteiger partial charge in [-0.15, -0.1) is 0 Å². The molecule has 2 aromatic carbocycles. The van der Waals surface area contributed by atoms with Crippen LogP contribution in [-0.4, -0.2) is 24.2 Å². The van der Waals surface area contributed by atoms with Crippen molar-refractivity contribution in [3.63, 3.8) is 0 Å². The van der Waals surface area contributed by atoms with E-state index < -0.39 is 0 Å². The van der Waals surface area contributed by atoms with Gasteiger partial charge in [0.2, 0.25) is 0 Å². The molecule has 2 rings (SSSR count). The lowest BCUT2D eigenvalue weighted by molar-refractivity contribution is 0.00609. The Bertz CT molecular complexity index is 495. The molecule has 0 saturated carbocycles. The maximum Gasteiger partial charge on any atom is 0.0634 e. The van der Waals surface area contributed by atoms with Gasteiger partial charge >= 0.3 is 0 Å². The molecule has 0 N–H and O–H groups in total. The molecule has 0 aliphatic heterocycles. The Morgan fingerprint density at radius 1 is 0.818 bits per heavy atom. The summed E-state index contributed by atoms with van der Waals surface area (Å²) in [5, 5.41) is 0. The van der Waals surface area contributed by atoms with E-state index in [1.165, 1.54) is 11.1 Å². The van der Waals surface area contributed by atoms with Gasteiger partial charge in [0.05, 0.1) is 5.60 Å². The van der Waals surface area contributed by atoms with Crippen LogP contribution in [0.3, 0.4) is 0 Å². The van der Waals surface area contributed by atoms with Gasteiger partial charge in [0.1, 0.15) is 0 Å². The largest absolute Gasteiger partial charge is 0.379 e. The second kappa shape index (κ2) is 8.11. The Morgan fingerprint density at radius 2 is 1.27 bits per heavy atom. The average Bonchev–Trinajstić information content (AvgIpc) is 2.55. The first-order valence-corrected chi connectivity index (χ1v) is 7.94. The van der Waals surface area contributed by atoms with Gasteiger partial charge < -0.3 is 4.74 Å². The van der Waals surface area contributed by atoms with Crippen LogP contribution < -0.4 is 0 Å². The highest BCUT2D eigenvalue weighted by Gasteiger charge is 2.18. The summed E-state index contributed by atoms with van der Waals surface area (Å²) in [5.41, 5.74) is 2.63. The molecule has 0 aliphatic rings. The highest BCUT2D eigenvalue weighted by atomic mass is 16.5. The lowest BCUT2D eigenvalue weighted by Crippen LogP contribution is -2.31. The number of hydrogen-bond acceptors (Lipinski definition) is 2. The minimum absolute atomic E-state index is 0.0778. The van der Waals surface area contributed by atoms with Crippen LogP contribution in [0, 0.1) is 0 Å². The standard InChI is InChI=1S/C20H27NO/c1-20(2,22-3)14-15-21(16-18-10-6-4-7-11-18)17-19-12-8-5-9-13-19/h4-13H,14-17H2,1-3H3. The number of methoxy groups -OCH3 is 1. The summed E-state index contributed by atoms with van der Waals surface area (Å²) >= 11 is 0. The zero-order valence-electron chi connectivity index (χ0n) is 14.0. The second-order valence-electron chi connectivity index (χ2n) is 6.40. The smallest absolute Gasteiger partial charge is 0.0634 e. The summed E-state index contributed by atoms with van der Waals surface area (Å²) in [6, 6.07) is 21.3. The third-order valence-corrected chi connectivity index (χ3v) is 4.08. The normalized spacial score (nSPS) is 11.8. The van der Waals surface area contributed by atoms with Crippen molar-refractivity contribution in [2.45, 2.75) is 39.0 Å². The van der Waals surface area contributed by atoms with E-state index in [0.29, 0.717) is 0 Å². The van der Waals surface area contributed by atoms with Crippen LogP contribution in [0.15, 0.2) is 60.7 Å². The molecule has 0 amide bonds. The van der Waals surface area contributed by atoms with Crippen LogP contribution in [0.2, 0.25) is 0 Å². The van der Waals surface area contributed by atoms with Crippen molar-refractivity contribution < 1.29 is 4.74 Å². The number of benzene rings is 2. The monoisotopic (exact) mass is 297 g/mol. The first-order valence-electron chi connectivity index (χ1n) is 7.94. The van der Waals surface area contributed by atoms with E-state index in [0.717, 1.165) is 26.1 Å². The van der Waals surface area contributed by atoms with E-state index in [1.54, 1.807) is 7.11 Å². The van der Waals surface area contributed by atoms with E-state index in [9.17, 15) is 0 Å². The number of nitrogens with zero attached hydrogens (tertiary/aromatic N) is 1. The quantitative estimate of drug-likeness (QED) is 0.711. The molecule has 0 saturated heterocycles. The summed E-state index contributed by atoms with van der Waals surface area (Å²) in [6.45, 7) is 7.25. The first kappa shape index (κ1) is 16.7. The van der Waals surface area contributed by atoms with Crippen molar-refractivity contribution >= 4 is 0 Å². The van der Waals surface area contributed by atoms with Gasteiger partial charge in [-0.1, -0.05) is 60.7 Å². The van der Waals surface area contributed by atoms with E-state index >= 15 is 0 Å².